The van der Waals surface area contributed by atoms with Crippen molar-refractivity contribution in [3.8, 4) is 0 Å². The van der Waals surface area contributed by atoms with Gasteiger partial charge in [0.25, 0.3) is 0 Å². The quantitative estimate of drug-likeness (QED) is 0.0173. The molecule has 1 aromatic heterocycles. The molecule has 0 fully saturated rings. The molecule has 0 aliphatic heterocycles. The average molecular weight is 1510 g/mol. The van der Waals surface area contributed by atoms with Gasteiger partial charge in [0.15, 0.2) is 0 Å². The Balaban J connectivity index is 0.000000442. The van der Waals surface area contributed by atoms with Gasteiger partial charge in [-0.25, -0.2) is 0 Å². The fourth-order valence-corrected chi connectivity index (χ4v) is 14.7. The summed E-state index contributed by atoms with van der Waals surface area (Å²) in [4.78, 5) is 1.49. The van der Waals surface area contributed by atoms with Crippen molar-refractivity contribution in [1.29, 1.82) is 0 Å². The molecule has 10 heteroatoms. The van der Waals surface area contributed by atoms with E-state index >= 15 is 0 Å². The van der Waals surface area contributed by atoms with E-state index in [-0.39, 0.29) is 37.1 Å². The van der Waals surface area contributed by atoms with Crippen LogP contribution < -0.4 is 0 Å². The fourth-order valence-electron chi connectivity index (χ4n) is 14.0. The highest BCUT2D eigenvalue weighted by Gasteiger charge is 2.26. The van der Waals surface area contributed by atoms with Crippen molar-refractivity contribution in [2.75, 3.05) is 20.3 Å². The number of hydrogen-bond acceptors (Lipinski definition) is 10. The van der Waals surface area contributed by atoms with Crippen LogP contribution in [0.3, 0.4) is 0 Å². The summed E-state index contributed by atoms with van der Waals surface area (Å²) < 4.78 is 5.03. The maximum absolute atomic E-state index is 10.7. The Morgan fingerprint density at radius 1 is 0.296 bits per heavy atom. The van der Waals surface area contributed by atoms with Crippen LogP contribution in [0.4, 0.5) is 0 Å². The molecule has 0 saturated carbocycles. The van der Waals surface area contributed by atoms with Crippen molar-refractivity contribution in [3.05, 3.63) is 235 Å². The number of aryl methyl sites for hydroxylation is 8. The SMILES string of the molecule is CCCC(O)c1cccc(CCCCO)c1.CCCC(O)c1cccc(CCCOC)c1.CCCCCCc1cccc(C(O)CCC)c1.CCCCc1cccc(CCc2cccs2)c1.CCC[C@@H](O)c1cccc(CCC(O)(CCC)CCC)c1.CCC[C@H](O)c1cccc(CCC(O)(CCC)CCC)c1. The Kier molecular flexibility index (Phi) is 56.9. The van der Waals surface area contributed by atoms with Gasteiger partial charge in [-0.05, 0) is 232 Å². The number of hydrogen-bond donors (Lipinski definition) is 8. The Bertz CT molecular complexity index is 3080. The van der Waals surface area contributed by atoms with Crippen LogP contribution in [0.1, 0.15) is 365 Å². The first kappa shape index (κ1) is 98.7. The van der Waals surface area contributed by atoms with Crippen LogP contribution in [0.2, 0.25) is 0 Å². The van der Waals surface area contributed by atoms with Crippen LogP contribution >= 0.6 is 11.3 Å². The molecule has 3 unspecified atom stereocenters. The minimum Gasteiger partial charge on any atom is -0.396 e. The Labute approximate surface area is 663 Å². The van der Waals surface area contributed by atoms with Crippen molar-refractivity contribution in [2.24, 2.45) is 0 Å². The largest absolute Gasteiger partial charge is 0.396 e. The van der Waals surface area contributed by atoms with Crippen molar-refractivity contribution in [1.82, 2.24) is 0 Å². The summed E-state index contributed by atoms with van der Waals surface area (Å²) in [6.07, 6.45) is 35.8. The van der Waals surface area contributed by atoms with Gasteiger partial charge in [-0.3, -0.25) is 0 Å². The number of benzene rings is 6. The molecular weight excluding hydrogens is 1350 g/mol. The number of aliphatic hydroxyl groups excluding tert-OH is 6. The van der Waals surface area contributed by atoms with E-state index in [2.05, 4.69) is 185 Å². The highest BCUT2D eigenvalue weighted by Crippen LogP contribution is 2.30. The van der Waals surface area contributed by atoms with Crippen LogP contribution in [0.25, 0.3) is 0 Å². The molecule has 5 atom stereocenters. The molecule has 0 amide bonds. The summed E-state index contributed by atoms with van der Waals surface area (Å²) in [5, 5.41) is 82.2. The fraction of sp³-hybridized carbons (Fsp3) is 0.592. The molecule has 0 aliphatic rings. The Morgan fingerprint density at radius 3 is 0.907 bits per heavy atom. The van der Waals surface area contributed by atoms with E-state index in [1.807, 2.05) is 65.9 Å². The number of methoxy groups -OCH3 is 1. The zero-order valence-electron chi connectivity index (χ0n) is 69.9. The summed E-state index contributed by atoms with van der Waals surface area (Å²) in [5.74, 6) is 0. The standard InChI is InChI=1S/2C19H32O2.C16H26O.C16H20S.2C14H22O2/c2*1-4-8-18(20)17-10-7-9-16(15-17)11-14-19(21,12-5-2)13-6-3;1-3-5-6-7-10-14-11-8-12-15(13-14)16(17)9-4-2;1-2-3-6-14-7-4-8-15(13-14)10-11-16-9-5-12-17-16;1-3-6-14(15)13-9-4-7-12(11-13)8-5-10-16-2;1-2-6-14(16)13-9-5-8-12(11-13)7-3-4-10-15/h2*7,9-10,15,18,20-21H,4-6,8,11-14H2,1-3H3;8,11-13,16-17H,3-7,9-10H2,1-2H3;4-5,7-9,12-13H,2-3,6,10-11H2,1H3;4,7,9,11,14-15H,3,5-6,8,10H2,1-2H3;5,8-9,11,14-16H,2-4,6-7,10H2,1H3/t2*18-;;;;/m10..../s1. The maximum atomic E-state index is 10.7. The lowest BCUT2D eigenvalue weighted by Gasteiger charge is -2.27. The molecule has 6 aromatic carbocycles. The third-order valence-corrected chi connectivity index (χ3v) is 21.1. The normalized spacial score (nSPS) is 12.6. The molecule has 0 aliphatic carbocycles. The van der Waals surface area contributed by atoms with Gasteiger partial charge in [-0.1, -0.05) is 311 Å². The van der Waals surface area contributed by atoms with E-state index in [4.69, 9.17) is 9.84 Å². The van der Waals surface area contributed by atoms with E-state index < -0.39 is 11.2 Å². The van der Waals surface area contributed by atoms with Gasteiger partial charge in [0.2, 0.25) is 0 Å². The summed E-state index contributed by atoms with van der Waals surface area (Å²) in [6.45, 7) is 24.5. The van der Waals surface area contributed by atoms with Gasteiger partial charge < -0.3 is 45.6 Å². The highest BCUT2D eigenvalue weighted by atomic mass is 32.1. The molecule has 1 heterocycles. The molecule has 9 nitrogen and oxygen atoms in total. The first-order chi connectivity index (χ1) is 52.3. The number of thiophene rings is 1. The second-order valence-electron chi connectivity index (χ2n) is 30.3. The third kappa shape index (κ3) is 44.6. The van der Waals surface area contributed by atoms with Crippen LogP contribution in [0.15, 0.2) is 163 Å². The smallest absolute Gasteiger partial charge is 0.0790 e. The lowest BCUT2D eigenvalue weighted by atomic mass is 9.86. The second kappa shape index (κ2) is 62.2. The molecular formula is C98H154O9S. The van der Waals surface area contributed by atoms with Gasteiger partial charge in [-0.15, -0.1) is 11.3 Å². The number of unbranched alkanes of at least 4 members (excludes halogenated alkanes) is 5. The molecule has 0 bridgehead atoms. The lowest BCUT2D eigenvalue weighted by molar-refractivity contribution is 0.0127. The van der Waals surface area contributed by atoms with E-state index in [0.29, 0.717) is 0 Å². The van der Waals surface area contributed by atoms with E-state index in [1.54, 1.807) is 7.11 Å². The molecule has 8 N–H and O–H groups in total. The predicted molar refractivity (Wildman–Crippen MR) is 463 cm³/mol. The third-order valence-electron chi connectivity index (χ3n) is 20.2. The van der Waals surface area contributed by atoms with Gasteiger partial charge in [0.05, 0.1) is 41.7 Å². The predicted octanol–water partition coefficient (Wildman–Crippen LogP) is 25.0. The van der Waals surface area contributed by atoms with E-state index in [0.717, 1.165) is 214 Å². The van der Waals surface area contributed by atoms with Crippen LogP contribution in [0, 0.1) is 0 Å². The maximum Gasteiger partial charge on any atom is 0.0790 e. The zero-order valence-corrected chi connectivity index (χ0v) is 70.8. The van der Waals surface area contributed by atoms with Crippen molar-refractivity contribution in [3.63, 3.8) is 0 Å². The van der Waals surface area contributed by atoms with E-state index in [9.17, 15) is 35.7 Å². The lowest BCUT2D eigenvalue weighted by Crippen LogP contribution is -2.28. The van der Waals surface area contributed by atoms with Crippen molar-refractivity contribution < 1.29 is 45.6 Å². The summed E-state index contributed by atoms with van der Waals surface area (Å²) in [7, 11) is 1.72. The first-order valence-corrected chi connectivity index (χ1v) is 43.7. The number of aliphatic hydroxyl groups is 8. The molecule has 0 saturated heterocycles. The summed E-state index contributed by atoms with van der Waals surface area (Å²) >= 11 is 1.86. The van der Waals surface area contributed by atoms with Gasteiger partial charge in [0.1, 0.15) is 0 Å². The van der Waals surface area contributed by atoms with Crippen molar-refractivity contribution in [2.45, 2.75) is 355 Å². The van der Waals surface area contributed by atoms with Crippen molar-refractivity contribution >= 4 is 11.3 Å². The molecule has 0 spiro atoms. The molecule has 108 heavy (non-hydrogen) atoms. The molecule has 7 rings (SSSR count). The topological polar surface area (TPSA) is 171 Å². The minimum atomic E-state index is -0.526. The van der Waals surface area contributed by atoms with Gasteiger partial charge in [-0.2, -0.15) is 0 Å². The monoisotopic (exact) mass is 1510 g/mol. The Hall–Kier alpha value is -5.34. The Morgan fingerprint density at radius 2 is 0.602 bits per heavy atom. The number of rotatable bonds is 48. The van der Waals surface area contributed by atoms with Gasteiger partial charge >= 0.3 is 0 Å². The molecule has 7 aromatic rings. The molecule has 0 radical (unpaired) electrons. The van der Waals surface area contributed by atoms with Crippen LogP contribution in [0.5, 0.6) is 0 Å². The highest BCUT2D eigenvalue weighted by molar-refractivity contribution is 7.09. The van der Waals surface area contributed by atoms with Crippen LogP contribution in [-0.4, -0.2) is 72.4 Å². The van der Waals surface area contributed by atoms with Crippen LogP contribution in [-0.2, 0) is 56.1 Å². The minimum absolute atomic E-state index is 0.262. The number of ether oxygens (including phenoxy) is 1. The zero-order chi connectivity index (χ0) is 79.5. The average Bonchev–Trinajstić information content (AvgIpc) is 1.20. The van der Waals surface area contributed by atoms with Gasteiger partial charge in [0, 0.05) is 25.2 Å². The summed E-state index contributed by atoms with van der Waals surface area (Å²) in [5.41, 5.74) is 13.4. The molecule has 606 valence electrons. The van der Waals surface area contributed by atoms with E-state index in [1.165, 1.54) is 102 Å². The second-order valence-corrected chi connectivity index (χ2v) is 31.3. The first-order valence-electron chi connectivity index (χ1n) is 42.8. The summed E-state index contributed by atoms with van der Waals surface area (Å²) in [6, 6.07) is 54.7.